The average molecular weight is 265 g/mol. The average Bonchev–Trinajstić information content (AvgIpc) is 2.27. The van der Waals surface area contributed by atoms with Gasteiger partial charge in [-0.1, -0.05) is 44.2 Å². The summed E-state index contributed by atoms with van der Waals surface area (Å²) in [6.45, 7) is 14.0. The van der Waals surface area contributed by atoms with Gasteiger partial charge < -0.3 is 9.74 Å². The van der Waals surface area contributed by atoms with Crippen molar-refractivity contribution in [3.8, 4) is 0 Å². The van der Waals surface area contributed by atoms with E-state index in [9.17, 15) is 0 Å². The van der Waals surface area contributed by atoms with Crippen molar-refractivity contribution in [2.75, 3.05) is 13.2 Å². The summed E-state index contributed by atoms with van der Waals surface area (Å²) in [4.78, 5) is 0. The van der Waals surface area contributed by atoms with Crippen LogP contribution in [0.3, 0.4) is 0 Å². The van der Waals surface area contributed by atoms with E-state index >= 15 is 0 Å². The fourth-order valence-corrected chi connectivity index (χ4v) is 2.43. The van der Waals surface area contributed by atoms with Crippen molar-refractivity contribution in [3.05, 3.63) is 35.9 Å². The lowest BCUT2D eigenvalue weighted by Gasteiger charge is -2.29. The molecule has 0 radical (unpaired) electrons. The van der Waals surface area contributed by atoms with Crippen LogP contribution in [-0.2, 0) is 11.0 Å². The van der Waals surface area contributed by atoms with Crippen LogP contribution >= 0.6 is 0 Å². The molecule has 2 nitrogen and oxygen atoms in total. The molecule has 1 aromatic rings. The van der Waals surface area contributed by atoms with Crippen LogP contribution in [0.5, 0.6) is 0 Å². The summed E-state index contributed by atoms with van der Waals surface area (Å²) in [6, 6.07) is 10.5. The molecule has 3 heteroatoms. The van der Waals surface area contributed by atoms with Crippen LogP contribution in [-0.4, -0.2) is 21.5 Å². The first kappa shape index (κ1) is 15.4. The molecule has 0 aliphatic rings. The normalized spacial score (nSPS) is 12.7. The van der Waals surface area contributed by atoms with Gasteiger partial charge in [-0.15, -0.1) is 0 Å². The largest absolute Gasteiger partial charge is 0.417 e. The maximum Gasteiger partial charge on any atom is 0.183 e. The van der Waals surface area contributed by atoms with Crippen molar-refractivity contribution >= 4 is 8.32 Å². The van der Waals surface area contributed by atoms with Gasteiger partial charge in [0.25, 0.3) is 0 Å². The zero-order valence-electron chi connectivity index (χ0n) is 12.4. The second-order valence-corrected chi connectivity index (χ2v) is 11.2. The van der Waals surface area contributed by atoms with Crippen molar-refractivity contribution in [3.63, 3.8) is 0 Å². The number of nitrogens with one attached hydrogen (secondary N) is 1. The summed E-state index contributed by atoms with van der Waals surface area (Å²) in [6.07, 6.45) is 0. The lowest BCUT2D eigenvalue weighted by molar-refractivity contribution is 0.170. The highest BCUT2D eigenvalue weighted by atomic mass is 28.4. The predicted molar refractivity (Wildman–Crippen MR) is 81.2 cm³/mol. The van der Waals surface area contributed by atoms with Gasteiger partial charge in [0, 0.05) is 19.7 Å². The first-order valence-corrected chi connectivity index (χ1v) is 10.1. The molecule has 0 fully saturated rings. The van der Waals surface area contributed by atoms with E-state index in [0.29, 0.717) is 0 Å². The summed E-state index contributed by atoms with van der Waals surface area (Å²) in [5, 5.41) is 3.51. The van der Waals surface area contributed by atoms with Gasteiger partial charge in [0.05, 0.1) is 0 Å². The number of benzene rings is 1. The quantitative estimate of drug-likeness (QED) is 0.760. The minimum atomic E-state index is -1.40. The Bertz CT molecular complexity index is 343. The van der Waals surface area contributed by atoms with E-state index in [0.717, 1.165) is 19.7 Å². The molecule has 1 rings (SSSR count). The molecule has 1 aromatic carbocycles. The Labute approximate surface area is 113 Å². The molecular formula is C15H27NOSi. The highest BCUT2D eigenvalue weighted by Gasteiger charge is 2.22. The standard InChI is InChI=1S/C15H27NOSi/c1-15(2,13-17-18(3,4)5)12-16-11-14-9-7-6-8-10-14/h6-10,16H,11-13H2,1-5H3. The van der Waals surface area contributed by atoms with E-state index in [-0.39, 0.29) is 5.41 Å². The highest BCUT2D eigenvalue weighted by molar-refractivity contribution is 6.69. The zero-order chi connectivity index (χ0) is 13.6. The Morgan fingerprint density at radius 3 is 2.28 bits per heavy atom. The third-order valence-electron chi connectivity index (χ3n) is 2.67. The van der Waals surface area contributed by atoms with Gasteiger partial charge in [0.15, 0.2) is 8.32 Å². The van der Waals surface area contributed by atoms with Crippen LogP contribution in [0.15, 0.2) is 30.3 Å². The number of rotatable bonds is 7. The van der Waals surface area contributed by atoms with Gasteiger partial charge in [-0.2, -0.15) is 0 Å². The molecule has 102 valence electrons. The van der Waals surface area contributed by atoms with Crippen LogP contribution in [0, 0.1) is 5.41 Å². The maximum atomic E-state index is 6.00. The van der Waals surface area contributed by atoms with E-state index < -0.39 is 8.32 Å². The van der Waals surface area contributed by atoms with E-state index in [1.54, 1.807) is 0 Å². The minimum absolute atomic E-state index is 0.190. The van der Waals surface area contributed by atoms with Crippen molar-refractivity contribution < 1.29 is 4.43 Å². The fourth-order valence-electron chi connectivity index (χ4n) is 1.60. The summed E-state index contributed by atoms with van der Waals surface area (Å²) in [5.74, 6) is 0. The second kappa shape index (κ2) is 6.50. The molecule has 18 heavy (non-hydrogen) atoms. The van der Waals surface area contributed by atoms with Gasteiger partial charge in [0.2, 0.25) is 0 Å². The molecule has 0 spiro atoms. The van der Waals surface area contributed by atoms with E-state index in [1.165, 1.54) is 5.56 Å². The smallest absolute Gasteiger partial charge is 0.183 e. The molecule has 0 aliphatic carbocycles. The molecule has 0 saturated carbocycles. The topological polar surface area (TPSA) is 21.3 Å². The van der Waals surface area contributed by atoms with Crippen LogP contribution in [0.4, 0.5) is 0 Å². The Hall–Kier alpha value is -0.643. The molecule has 0 heterocycles. The SMILES string of the molecule is CC(C)(CNCc1ccccc1)CO[Si](C)(C)C. The molecule has 0 aromatic heterocycles. The van der Waals surface area contributed by atoms with Crippen LogP contribution in [0.25, 0.3) is 0 Å². The molecule has 0 unspecified atom stereocenters. The van der Waals surface area contributed by atoms with Crippen molar-refractivity contribution in [2.24, 2.45) is 5.41 Å². The van der Waals surface area contributed by atoms with Crippen LogP contribution in [0.2, 0.25) is 19.6 Å². The molecular weight excluding hydrogens is 238 g/mol. The Morgan fingerprint density at radius 2 is 1.72 bits per heavy atom. The van der Waals surface area contributed by atoms with Crippen LogP contribution < -0.4 is 5.32 Å². The summed E-state index contributed by atoms with van der Waals surface area (Å²) >= 11 is 0. The van der Waals surface area contributed by atoms with Crippen molar-refractivity contribution in [1.82, 2.24) is 5.32 Å². The molecule has 0 atom stereocenters. The Balaban J connectivity index is 2.29. The monoisotopic (exact) mass is 265 g/mol. The van der Waals surface area contributed by atoms with Crippen LogP contribution in [0.1, 0.15) is 19.4 Å². The third-order valence-corrected chi connectivity index (χ3v) is 3.68. The minimum Gasteiger partial charge on any atom is -0.417 e. The second-order valence-electron chi connectivity index (χ2n) is 6.65. The molecule has 0 aliphatic heterocycles. The Kier molecular flexibility index (Phi) is 5.57. The van der Waals surface area contributed by atoms with Crippen molar-refractivity contribution in [2.45, 2.75) is 40.0 Å². The molecule has 0 bridgehead atoms. The fraction of sp³-hybridized carbons (Fsp3) is 0.600. The number of hydrogen-bond donors (Lipinski definition) is 1. The maximum absolute atomic E-state index is 6.00. The van der Waals surface area contributed by atoms with E-state index in [2.05, 4.69) is 69.1 Å². The first-order valence-electron chi connectivity index (χ1n) is 6.67. The predicted octanol–water partition coefficient (Wildman–Crippen LogP) is 3.65. The summed E-state index contributed by atoms with van der Waals surface area (Å²) < 4.78 is 6.00. The van der Waals surface area contributed by atoms with Gasteiger partial charge in [0.1, 0.15) is 0 Å². The molecule has 0 amide bonds. The van der Waals surface area contributed by atoms with Gasteiger partial charge in [-0.3, -0.25) is 0 Å². The summed E-state index contributed by atoms with van der Waals surface area (Å²) in [7, 11) is -1.40. The van der Waals surface area contributed by atoms with Gasteiger partial charge in [-0.25, -0.2) is 0 Å². The van der Waals surface area contributed by atoms with Crippen molar-refractivity contribution in [1.29, 1.82) is 0 Å². The lowest BCUT2D eigenvalue weighted by atomic mass is 9.95. The first-order chi connectivity index (χ1) is 8.29. The van der Waals surface area contributed by atoms with Gasteiger partial charge in [-0.05, 0) is 30.6 Å². The highest BCUT2D eigenvalue weighted by Crippen LogP contribution is 2.17. The van der Waals surface area contributed by atoms with E-state index in [1.807, 2.05) is 0 Å². The summed E-state index contributed by atoms with van der Waals surface area (Å²) in [5.41, 5.74) is 1.52. The number of hydrogen-bond acceptors (Lipinski definition) is 2. The third kappa shape index (κ3) is 6.94. The molecule has 0 saturated heterocycles. The lowest BCUT2D eigenvalue weighted by Crippen LogP contribution is -2.37. The molecule has 1 N–H and O–H groups in total. The Morgan fingerprint density at radius 1 is 1.11 bits per heavy atom. The van der Waals surface area contributed by atoms with Gasteiger partial charge >= 0.3 is 0 Å². The zero-order valence-corrected chi connectivity index (χ0v) is 13.4. The van der Waals surface area contributed by atoms with E-state index in [4.69, 9.17) is 4.43 Å².